The summed E-state index contributed by atoms with van der Waals surface area (Å²) in [6.45, 7) is 2.12. The highest BCUT2D eigenvalue weighted by atomic mass is 15.0. The smallest absolute Gasteiger partial charge is 0.145 e. The molecule has 0 aliphatic carbocycles. The van der Waals surface area contributed by atoms with E-state index in [2.05, 4.69) is 48.3 Å². The second-order valence-electron chi connectivity index (χ2n) is 5.02. The van der Waals surface area contributed by atoms with Gasteiger partial charge in [-0.2, -0.15) is 0 Å². The first-order valence-corrected chi connectivity index (χ1v) is 6.77. The van der Waals surface area contributed by atoms with Crippen LogP contribution in [0.25, 0.3) is 11.0 Å². The Morgan fingerprint density at radius 2 is 1.85 bits per heavy atom. The molecule has 1 aromatic heterocycles. The van der Waals surface area contributed by atoms with E-state index in [0.717, 1.165) is 16.9 Å². The maximum Gasteiger partial charge on any atom is 0.145 e. The molecule has 0 radical (unpaired) electrons. The molecule has 0 unspecified atom stereocenters. The topological polar surface area (TPSA) is 37.8 Å². The minimum atomic E-state index is 0.202. The Balaban J connectivity index is 1.86. The fourth-order valence-electron chi connectivity index (χ4n) is 2.24. The van der Waals surface area contributed by atoms with Crippen LogP contribution in [0.1, 0.15) is 18.5 Å². The van der Waals surface area contributed by atoms with E-state index in [1.807, 2.05) is 30.3 Å². The molecule has 4 heteroatoms. The van der Waals surface area contributed by atoms with E-state index in [4.69, 9.17) is 0 Å². The Morgan fingerprint density at radius 1 is 1.05 bits per heavy atom. The lowest BCUT2D eigenvalue weighted by molar-refractivity contribution is 0.874. The van der Waals surface area contributed by atoms with Gasteiger partial charge in [0.05, 0.1) is 17.2 Å². The van der Waals surface area contributed by atoms with Crippen molar-refractivity contribution in [3.63, 3.8) is 0 Å². The maximum atomic E-state index is 4.61. The average Bonchev–Trinajstić information content (AvgIpc) is 2.48. The van der Waals surface area contributed by atoms with Crippen LogP contribution >= 0.6 is 0 Å². The van der Waals surface area contributed by atoms with Crippen LogP contribution in [-0.2, 0) is 0 Å². The van der Waals surface area contributed by atoms with Crippen LogP contribution in [0.4, 0.5) is 5.82 Å². The molecule has 0 aliphatic rings. The van der Waals surface area contributed by atoms with Crippen molar-refractivity contribution in [2.24, 2.45) is 0 Å². The summed E-state index contributed by atoms with van der Waals surface area (Å²) in [5.41, 5.74) is 4.28. The molecule has 3 rings (SSSR count). The first kappa shape index (κ1) is 12.7. The van der Waals surface area contributed by atoms with Crippen LogP contribution in [0, 0.1) is 0 Å². The predicted molar refractivity (Wildman–Crippen MR) is 86.2 cm³/mol. The molecule has 20 heavy (non-hydrogen) atoms. The van der Waals surface area contributed by atoms with E-state index < -0.39 is 0 Å². The fourth-order valence-corrected chi connectivity index (χ4v) is 2.24. The molecule has 0 spiro atoms. The Kier molecular flexibility index (Phi) is 3.38. The van der Waals surface area contributed by atoms with Crippen molar-refractivity contribution < 1.29 is 0 Å². The average molecular weight is 261 g/mol. The van der Waals surface area contributed by atoms with Gasteiger partial charge in [0.1, 0.15) is 13.7 Å². The van der Waals surface area contributed by atoms with Gasteiger partial charge >= 0.3 is 0 Å². The molecule has 0 bridgehead atoms. The van der Waals surface area contributed by atoms with Crippen molar-refractivity contribution in [2.75, 3.05) is 5.32 Å². The van der Waals surface area contributed by atoms with Gasteiger partial charge in [-0.3, -0.25) is 4.98 Å². The van der Waals surface area contributed by atoms with Crippen molar-refractivity contribution in [1.82, 2.24) is 9.97 Å². The van der Waals surface area contributed by atoms with Crippen LogP contribution in [0.3, 0.4) is 0 Å². The minimum Gasteiger partial charge on any atom is -0.362 e. The summed E-state index contributed by atoms with van der Waals surface area (Å²) in [5, 5.41) is 3.39. The number of anilines is 1. The highest BCUT2D eigenvalue weighted by molar-refractivity contribution is 6.33. The molecule has 0 fully saturated rings. The lowest BCUT2D eigenvalue weighted by Gasteiger charge is -2.14. The summed E-state index contributed by atoms with van der Waals surface area (Å²) >= 11 is 0. The summed E-state index contributed by atoms with van der Waals surface area (Å²) in [7, 11) is 2.06. The second kappa shape index (κ2) is 5.33. The molecule has 2 aromatic carbocycles. The predicted octanol–water partition coefficient (Wildman–Crippen LogP) is 2.06. The van der Waals surface area contributed by atoms with Crippen LogP contribution in [0.15, 0.2) is 54.7 Å². The van der Waals surface area contributed by atoms with Gasteiger partial charge in [-0.25, -0.2) is 4.98 Å². The van der Waals surface area contributed by atoms with Crippen molar-refractivity contribution in [3.8, 4) is 0 Å². The molecule has 3 aromatic rings. The summed E-state index contributed by atoms with van der Waals surface area (Å²) in [5.74, 6) is 0.803. The molecule has 98 valence electrons. The number of fused-ring (bicyclic) bond motifs is 1. The molecular weight excluding hydrogens is 245 g/mol. The quantitative estimate of drug-likeness (QED) is 0.733. The van der Waals surface area contributed by atoms with Gasteiger partial charge < -0.3 is 5.32 Å². The van der Waals surface area contributed by atoms with Gasteiger partial charge in [-0.05, 0) is 24.6 Å². The normalized spacial score (nSPS) is 12.2. The minimum absolute atomic E-state index is 0.202. The summed E-state index contributed by atoms with van der Waals surface area (Å²) in [6.07, 6.45) is 1.79. The van der Waals surface area contributed by atoms with E-state index in [9.17, 15) is 0 Å². The largest absolute Gasteiger partial charge is 0.362 e. The highest BCUT2D eigenvalue weighted by Gasteiger charge is 2.06. The summed E-state index contributed by atoms with van der Waals surface area (Å²) in [6, 6.07) is 16.6. The van der Waals surface area contributed by atoms with Gasteiger partial charge in [0.25, 0.3) is 0 Å². The molecular formula is C16H16BN3. The number of hydrogen-bond acceptors (Lipinski definition) is 3. The number of rotatable bonds is 3. The molecule has 0 amide bonds. The molecule has 1 N–H and O–H groups in total. The molecule has 0 saturated carbocycles. The zero-order valence-corrected chi connectivity index (χ0v) is 11.7. The number of hydrogen-bond donors (Lipinski definition) is 1. The maximum absolute atomic E-state index is 4.61. The third-order valence-electron chi connectivity index (χ3n) is 3.36. The Hall–Kier alpha value is -2.36. The number of nitrogens with zero attached hydrogens (tertiary/aromatic N) is 2. The third kappa shape index (κ3) is 2.64. The monoisotopic (exact) mass is 261 g/mol. The Labute approximate surface area is 119 Å². The third-order valence-corrected chi connectivity index (χ3v) is 3.36. The standard InChI is InChI=1S/C16H16BN3/c1-11(12-5-3-2-4-6-12)19-16-10-18-15-9-13(17)7-8-14(15)20-16/h2-11H,17H2,1H3,(H,19,20)/t11-/m1/s1. The molecule has 1 atom stereocenters. The second-order valence-corrected chi connectivity index (χ2v) is 5.02. The van der Waals surface area contributed by atoms with E-state index in [-0.39, 0.29) is 6.04 Å². The van der Waals surface area contributed by atoms with Gasteiger partial charge in [0, 0.05) is 6.04 Å². The van der Waals surface area contributed by atoms with Crippen LogP contribution in [-0.4, -0.2) is 17.8 Å². The van der Waals surface area contributed by atoms with E-state index in [0.29, 0.717) is 0 Å². The zero-order chi connectivity index (χ0) is 13.9. The lowest BCUT2D eigenvalue weighted by atomic mass is 9.96. The highest BCUT2D eigenvalue weighted by Crippen LogP contribution is 2.18. The van der Waals surface area contributed by atoms with Crippen molar-refractivity contribution in [1.29, 1.82) is 0 Å². The van der Waals surface area contributed by atoms with Gasteiger partial charge in [0.2, 0.25) is 0 Å². The summed E-state index contributed by atoms with van der Waals surface area (Å²) < 4.78 is 0. The molecule has 3 nitrogen and oxygen atoms in total. The first-order valence-electron chi connectivity index (χ1n) is 6.77. The van der Waals surface area contributed by atoms with E-state index >= 15 is 0 Å². The van der Waals surface area contributed by atoms with Crippen molar-refractivity contribution >= 4 is 30.2 Å². The Bertz CT molecular complexity index is 728. The van der Waals surface area contributed by atoms with Crippen LogP contribution < -0.4 is 10.8 Å². The van der Waals surface area contributed by atoms with Gasteiger partial charge in [-0.15, -0.1) is 0 Å². The Morgan fingerprint density at radius 3 is 2.65 bits per heavy atom. The molecule has 0 saturated heterocycles. The van der Waals surface area contributed by atoms with Crippen molar-refractivity contribution in [3.05, 3.63) is 60.3 Å². The first-order chi connectivity index (χ1) is 9.72. The number of aromatic nitrogens is 2. The van der Waals surface area contributed by atoms with E-state index in [1.165, 1.54) is 11.0 Å². The molecule has 1 heterocycles. The SMILES string of the molecule is Bc1ccc2nc(N[C@H](C)c3ccccc3)cnc2c1. The summed E-state index contributed by atoms with van der Waals surface area (Å²) in [4.78, 5) is 9.07. The van der Waals surface area contributed by atoms with Gasteiger partial charge in [0.15, 0.2) is 0 Å². The number of nitrogens with one attached hydrogen (secondary N) is 1. The van der Waals surface area contributed by atoms with Crippen molar-refractivity contribution in [2.45, 2.75) is 13.0 Å². The van der Waals surface area contributed by atoms with Gasteiger partial charge in [-0.1, -0.05) is 41.9 Å². The van der Waals surface area contributed by atoms with E-state index in [1.54, 1.807) is 6.20 Å². The number of benzene rings is 2. The van der Waals surface area contributed by atoms with Crippen LogP contribution in [0.5, 0.6) is 0 Å². The lowest BCUT2D eigenvalue weighted by Crippen LogP contribution is -2.08. The fraction of sp³-hybridized carbons (Fsp3) is 0.125. The van der Waals surface area contributed by atoms with Crippen LogP contribution in [0.2, 0.25) is 0 Å². The molecule has 0 aliphatic heterocycles. The zero-order valence-electron chi connectivity index (χ0n) is 11.7.